The minimum Gasteiger partial charge on any atom is -0.379 e. The van der Waals surface area contributed by atoms with Gasteiger partial charge in [0.25, 0.3) is 11.1 Å². The van der Waals surface area contributed by atoms with Crippen LogP contribution in [0.5, 0.6) is 0 Å². The van der Waals surface area contributed by atoms with E-state index in [1.807, 2.05) is 4.90 Å². The number of hydrogen-bond acceptors (Lipinski definition) is 8. The van der Waals surface area contributed by atoms with E-state index >= 15 is 0 Å². The fourth-order valence-electron chi connectivity index (χ4n) is 5.30. The van der Waals surface area contributed by atoms with Crippen LogP contribution in [-0.2, 0) is 21.8 Å². The van der Waals surface area contributed by atoms with Gasteiger partial charge in [-0.2, -0.15) is 0 Å². The van der Waals surface area contributed by atoms with Gasteiger partial charge in [0, 0.05) is 43.3 Å². The summed E-state index contributed by atoms with van der Waals surface area (Å²) in [5.41, 5.74) is -1.32. The molecule has 1 aliphatic carbocycles. The molecule has 0 amide bonds. The lowest BCUT2D eigenvalue weighted by Crippen LogP contribution is -2.41. The number of benzene rings is 2. The van der Waals surface area contributed by atoms with Crippen molar-refractivity contribution in [3.63, 3.8) is 0 Å². The van der Waals surface area contributed by atoms with E-state index in [2.05, 4.69) is 26.0 Å². The first-order valence-electron chi connectivity index (χ1n) is 14.1. The number of morpholine rings is 1. The van der Waals surface area contributed by atoms with Crippen LogP contribution in [0, 0.1) is 5.82 Å². The number of ether oxygens (including phenoxy) is 1. The highest BCUT2D eigenvalue weighted by atomic mass is 79.9. The van der Waals surface area contributed by atoms with E-state index in [1.165, 1.54) is 40.4 Å². The molecular formula is C29H30BrFN6O6S. The molecule has 2 aromatic carbocycles. The molecule has 2 aliphatic rings. The number of aromatic nitrogens is 3. The highest BCUT2D eigenvalue weighted by molar-refractivity contribution is 9.10. The van der Waals surface area contributed by atoms with Gasteiger partial charge in [-0.15, -0.1) is 0 Å². The molecule has 0 atom stereocenters. The van der Waals surface area contributed by atoms with E-state index in [4.69, 9.17) is 4.74 Å². The Labute approximate surface area is 259 Å². The van der Waals surface area contributed by atoms with Gasteiger partial charge >= 0.3 is 5.69 Å². The zero-order chi connectivity index (χ0) is 31.2. The van der Waals surface area contributed by atoms with Gasteiger partial charge in [0.15, 0.2) is 0 Å². The molecule has 1 aliphatic heterocycles. The fraction of sp³-hybridized carbons (Fsp3) is 0.345. The van der Waals surface area contributed by atoms with Crippen LogP contribution >= 0.6 is 15.9 Å². The van der Waals surface area contributed by atoms with Crippen LogP contribution in [0.4, 0.5) is 21.5 Å². The number of rotatable bonds is 9. The molecule has 3 heterocycles. The molecule has 1 saturated carbocycles. The van der Waals surface area contributed by atoms with Crippen molar-refractivity contribution in [1.29, 1.82) is 0 Å². The van der Waals surface area contributed by atoms with Crippen molar-refractivity contribution in [2.75, 3.05) is 48.6 Å². The number of aryl methyl sites for hydroxylation is 1. The summed E-state index contributed by atoms with van der Waals surface area (Å²) in [7, 11) is -2.31. The molecule has 0 bridgehead atoms. The number of fused-ring (bicyclic) bond motifs is 1. The average molecular weight is 690 g/mol. The molecule has 0 unspecified atom stereocenters. The number of halogens is 2. The Morgan fingerprint density at radius 2 is 1.77 bits per heavy atom. The molecule has 15 heteroatoms. The maximum absolute atomic E-state index is 14.8. The lowest BCUT2D eigenvalue weighted by atomic mass is 10.2. The normalized spacial score (nSPS) is 15.9. The molecule has 12 nitrogen and oxygen atoms in total. The van der Waals surface area contributed by atoms with Crippen molar-refractivity contribution in [1.82, 2.24) is 18.6 Å². The Balaban J connectivity index is 1.46. The molecule has 2 fully saturated rings. The van der Waals surface area contributed by atoms with Gasteiger partial charge in [-0.05, 0) is 49.2 Å². The van der Waals surface area contributed by atoms with Gasteiger partial charge in [0.05, 0.1) is 41.7 Å². The van der Waals surface area contributed by atoms with Gasteiger partial charge in [-0.1, -0.05) is 22.0 Å². The van der Waals surface area contributed by atoms with Crippen molar-refractivity contribution in [2.45, 2.75) is 18.9 Å². The second-order valence-electron chi connectivity index (χ2n) is 10.9. The molecule has 2 aromatic heterocycles. The van der Waals surface area contributed by atoms with Crippen molar-refractivity contribution < 1.29 is 17.5 Å². The number of sulfonamides is 1. The third kappa shape index (κ3) is 6.09. The third-order valence-corrected chi connectivity index (χ3v) is 9.48. The third-order valence-electron chi connectivity index (χ3n) is 7.72. The molecule has 6 rings (SSSR count). The average Bonchev–Trinajstić information content (AvgIpc) is 3.82. The largest absolute Gasteiger partial charge is 0.379 e. The lowest BCUT2D eigenvalue weighted by molar-refractivity contribution is 0.0408. The smallest absolute Gasteiger partial charge is 0.337 e. The zero-order valence-electron chi connectivity index (χ0n) is 23.8. The minimum atomic E-state index is -3.75. The summed E-state index contributed by atoms with van der Waals surface area (Å²) in [5.74, 6) is -0.749. The predicted octanol–water partition coefficient (Wildman–Crippen LogP) is 2.91. The van der Waals surface area contributed by atoms with Gasteiger partial charge in [0.1, 0.15) is 16.9 Å². The standard InChI is InChI=1S/C29H30BrFN6O6S/c1-34-25(38)17-24(32-23-8-5-18(30)15-22(23)31)26-27(34)36(29(40)37(28(26)39)20-6-7-20)21-4-2-3-19(16-21)33-44(41,42)14-11-35-9-12-43-13-10-35/h2-5,8,15-17,20,32-33H,6-7,9-14H2,1H3. The Morgan fingerprint density at radius 1 is 1.02 bits per heavy atom. The highest BCUT2D eigenvalue weighted by Gasteiger charge is 2.31. The molecule has 2 N–H and O–H groups in total. The number of hydrogen-bond donors (Lipinski definition) is 2. The van der Waals surface area contributed by atoms with Gasteiger partial charge in [-0.25, -0.2) is 22.2 Å². The van der Waals surface area contributed by atoms with Crippen LogP contribution in [0.15, 0.2) is 67.4 Å². The summed E-state index contributed by atoms with van der Waals surface area (Å²) >= 11 is 3.22. The summed E-state index contributed by atoms with van der Waals surface area (Å²) in [4.78, 5) is 43.0. The summed E-state index contributed by atoms with van der Waals surface area (Å²) in [6.07, 6.45) is 1.25. The molecule has 232 valence electrons. The second kappa shape index (κ2) is 12.0. The van der Waals surface area contributed by atoms with Gasteiger partial charge in [0.2, 0.25) is 10.0 Å². The maximum atomic E-state index is 14.8. The number of anilines is 3. The lowest BCUT2D eigenvalue weighted by Gasteiger charge is -2.26. The maximum Gasteiger partial charge on any atom is 0.337 e. The van der Waals surface area contributed by atoms with Crippen LogP contribution in [0.2, 0.25) is 0 Å². The van der Waals surface area contributed by atoms with Crippen molar-refractivity contribution in [2.24, 2.45) is 7.05 Å². The summed E-state index contributed by atoms with van der Waals surface area (Å²) in [5, 5.41) is 2.89. The Kier molecular flexibility index (Phi) is 8.22. The van der Waals surface area contributed by atoms with Crippen LogP contribution in [0.25, 0.3) is 16.7 Å². The fourth-order valence-corrected chi connectivity index (χ4v) is 6.72. The van der Waals surface area contributed by atoms with E-state index in [-0.39, 0.29) is 45.6 Å². The van der Waals surface area contributed by atoms with E-state index in [1.54, 1.807) is 24.3 Å². The monoisotopic (exact) mass is 688 g/mol. The van der Waals surface area contributed by atoms with E-state index in [0.29, 0.717) is 50.2 Å². The molecule has 4 aromatic rings. The molecular weight excluding hydrogens is 659 g/mol. The second-order valence-corrected chi connectivity index (χ2v) is 13.6. The van der Waals surface area contributed by atoms with E-state index in [9.17, 15) is 27.2 Å². The van der Waals surface area contributed by atoms with Crippen molar-refractivity contribution >= 4 is 54.0 Å². The quantitative estimate of drug-likeness (QED) is 0.274. The summed E-state index contributed by atoms with van der Waals surface area (Å²) in [6.45, 7) is 2.76. The molecule has 1 saturated heterocycles. The highest BCUT2D eigenvalue weighted by Crippen LogP contribution is 2.34. The molecule has 44 heavy (non-hydrogen) atoms. The first-order chi connectivity index (χ1) is 21.0. The van der Waals surface area contributed by atoms with Crippen molar-refractivity contribution in [3.05, 3.63) is 90.0 Å². The summed E-state index contributed by atoms with van der Waals surface area (Å²) in [6, 6.07) is 11.4. The van der Waals surface area contributed by atoms with Gasteiger partial charge < -0.3 is 10.1 Å². The number of nitrogens with zero attached hydrogens (tertiary/aromatic N) is 4. The molecule has 0 radical (unpaired) electrons. The van der Waals surface area contributed by atoms with Crippen LogP contribution in [-0.4, -0.2) is 65.6 Å². The number of pyridine rings is 1. The predicted molar refractivity (Wildman–Crippen MR) is 169 cm³/mol. The summed E-state index contributed by atoms with van der Waals surface area (Å²) < 4.78 is 52.7. The first kappa shape index (κ1) is 30.2. The van der Waals surface area contributed by atoms with E-state index < -0.39 is 32.6 Å². The first-order valence-corrected chi connectivity index (χ1v) is 16.5. The van der Waals surface area contributed by atoms with E-state index in [0.717, 1.165) is 4.57 Å². The van der Waals surface area contributed by atoms with Crippen LogP contribution < -0.4 is 26.8 Å². The topological polar surface area (TPSA) is 137 Å². The Bertz CT molecular complexity index is 2050. The Morgan fingerprint density at radius 3 is 2.48 bits per heavy atom. The van der Waals surface area contributed by atoms with Gasteiger partial charge in [-0.3, -0.25) is 28.3 Å². The zero-order valence-corrected chi connectivity index (χ0v) is 26.2. The van der Waals surface area contributed by atoms with Crippen LogP contribution in [0.3, 0.4) is 0 Å². The van der Waals surface area contributed by atoms with Crippen molar-refractivity contribution in [3.8, 4) is 5.69 Å². The number of nitrogens with one attached hydrogen (secondary N) is 2. The van der Waals surface area contributed by atoms with Crippen LogP contribution in [0.1, 0.15) is 18.9 Å². The molecule has 0 spiro atoms. The SMILES string of the molecule is Cn1c(=O)cc(Nc2ccc(Br)cc2F)c2c(=O)n(C3CC3)c(=O)n(-c3cccc(NS(=O)(=O)CCN4CCOCC4)c3)c21. The minimum absolute atomic E-state index is 0.0115. The Hall–Kier alpha value is -3.79.